The number of benzene rings is 2. The summed E-state index contributed by atoms with van der Waals surface area (Å²) in [6.45, 7) is 10.7. The van der Waals surface area contributed by atoms with Crippen LogP contribution in [0.15, 0.2) is 48.5 Å². The summed E-state index contributed by atoms with van der Waals surface area (Å²) in [7, 11) is 0. The molecule has 8 nitrogen and oxygen atoms in total. The quantitative estimate of drug-likeness (QED) is 0.291. The van der Waals surface area contributed by atoms with E-state index < -0.39 is 41.2 Å². The lowest BCUT2D eigenvalue weighted by molar-refractivity contribution is -0.161. The average Bonchev–Trinajstić information content (AvgIpc) is 2.92. The number of nitrogens with one attached hydrogen (secondary N) is 3. The molecule has 2 aromatic rings. The van der Waals surface area contributed by atoms with Gasteiger partial charge >= 0.3 is 12.3 Å². The van der Waals surface area contributed by atoms with Gasteiger partial charge in [0.1, 0.15) is 12.6 Å². The average molecular weight is 588 g/mol. The molecule has 1 fully saturated rings. The van der Waals surface area contributed by atoms with Crippen molar-refractivity contribution in [1.82, 2.24) is 20.9 Å². The summed E-state index contributed by atoms with van der Waals surface area (Å²) in [6, 6.07) is 12.0. The summed E-state index contributed by atoms with van der Waals surface area (Å²) in [4.78, 5) is 26.2. The monoisotopic (exact) mass is 587 g/mol. The Hall–Kier alpha value is -3.62. The van der Waals surface area contributed by atoms with Gasteiger partial charge in [0.2, 0.25) is 5.91 Å². The highest BCUT2D eigenvalue weighted by Crippen LogP contribution is 2.45. The zero-order chi connectivity index (χ0) is 31.3. The summed E-state index contributed by atoms with van der Waals surface area (Å²) in [5, 5.41) is 26.9. The number of rotatable bonds is 9. The van der Waals surface area contributed by atoms with E-state index in [0.717, 1.165) is 11.1 Å². The van der Waals surface area contributed by atoms with E-state index in [1.807, 2.05) is 58.9 Å². The molecule has 1 saturated heterocycles. The molecule has 3 atom stereocenters. The zero-order valence-electron chi connectivity index (χ0n) is 24.7. The Morgan fingerprint density at radius 1 is 1.07 bits per heavy atom. The predicted molar refractivity (Wildman–Crippen MR) is 154 cm³/mol. The molecule has 2 aromatic carbocycles. The van der Waals surface area contributed by atoms with Crippen LogP contribution in [-0.2, 0) is 10.3 Å². The number of alkyl halides is 3. The van der Waals surface area contributed by atoms with Crippen molar-refractivity contribution in [2.75, 3.05) is 26.2 Å². The highest BCUT2D eigenvalue weighted by atomic mass is 19.4. The molecule has 0 aromatic heterocycles. The summed E-state index contributed by atoms with van der Waals surface area (Å²) in [5.41, 5.74) is 1.01. The second-order valence-corrected chi connectivity index (χ2v) is 12.1. The molecule has 0 saturated carbocycles. The molecule has 1 aliphatic rings. The van der Waals surface area contributed by atoms with E-state index in [1.54, 1.807) is 18.2 Å². The number of hydrogen-bond donors (Lipinski definition) is 4. The lowest BCUT2D eigenvalue weighted by atomic mass is 9.67. The van der Waals surface area contributed by atoms with Crippen molar-refractivity contribution < 1.29 is 27.9 Å². The number of carbonyl (C=O) groups excluding carboxylic acids is 1. The smallest absolute Gasteiger partial charge is 0.408 e. The molecule has 11 heteroatoms. The minimum Gasteiger partial charge on any atom is -0.465 e. The van der Waals surface area contributed by atoms with Gasteiger partial charge in [-0.05, 0) is 40.0 Å². The van der Waals surface area contributed by atoms with Gasteiger partial charge in [-0.15, -0.1) is 0 Å². The zero-order valence-corrected chi connectivity index (χ0v) is 24.7. The van der Waals surface area contributed by atoms with Crippen molar-refractivity contribution in [3.8, 4) is 17.2 Å². The van der Waals surface area contributed by atoms with Gasteiger partial charge in [0.05, 0.1) is 17.6 Å². The Labute approximate surface area is 245 Å². The van der Waals surface area contributed by atoms with E-state index in [1.165, 1.54) is 17.0 Å². The molecule has 1 heterocycles. The van der Waals surface area contributed by atoms with E-state index >= 15 is 0 Å². The first-order valence-electron chi connectivity index (χ1n) is 14.0. The molecule has 42 heavy (non-hydrogen) atoms. The van der Waals surface area contributed by atoms with Gasteiger partial charge in [-0.3, -0.25) is 15.0 Å². The molecule has 3 rings (SSSR count). The van der Waals surface area contributed by atoms with Crippen molar-refractivity contribution in [2.45, 2.75) is 64.8 Å². The molecule has 0 aliphatic carbocycles. The van der Waals surface area contributed by atoms with E-state index in [2.05, 4.69) is 16.0 Å². The molecular weight excluding hydrogens is 547 g/mol. The van der Waals surface area contributed by atoms with Gasteiger partial charge in [-0.2, -0.15) is 18.4 Å². The number of carbonyl (C=O) groups is 2. The van der Waals surface area contributed by atoms with Crippen LogP contribution in [0.3, 0.4) is 0 Å². The molecular formula is C31H40F3N5O3. The molecule has 2 unspecified atom stereocenters. The number of piperazine rings is 1. The van der Waals surface area contributed by atoms with Gasteiger partial charge < -0.3 is 15.7 Å². The first kappa shape index (κ1) is 32.9. The summed E-state index contributed by atoms with van der Waals surface area (Å²) < 4.78 is 42.6. The van der Waals surface area contributed by atoms with Crippen molar-refractivity contribution >= 4 is 12.0 Å². The van der Waals surface area contributed by atoms with Gasteiger partial charge in [0, 0.05) is 19.6 Å². The third-order valence-electron chi connectivity index (χ3n) is 7.83. The minimum absolute atomic E-state index is 0.0400. The van der Waals surface area contributed by atoms with Crippen LogP contribution >= 0.6 is 0 Å². The molecule has 4 N–H and O–H groups in total. The Kier molecular flexibility index (Phi) is 10.3. The van der Waals surface area contributed by atoms with Crippen LogP contribution in [-0.4, -0.2) is 60.4 Å². The Bertz CT molecular complexity index is 1270. The predicted octanol–water partition coefficient (Wildman–Crippen LogP) is 5.43. The second-order valence-electron chi connectivity index (χ2n) is 12.1. The third kappa shape index (κ3) is 7.23. The van der Waals surface area contributed by atoms with Crippen LogP contribution in [0.25, 0.3) is 11.1 Å². The standard InChI is InChI=1S/C31H40F3N5O3/c1-20(2)18-25(27(40)37-15-14-35)38-26(31(32,33)34)23-8-6-21(7-9-23)22-10-12-24(13-11-22)30(29(3,4)5)19-36-16-17-39(30)28(41)42/h6-13,20,25-26,36,38H,15-19H2,1-5H3,(H,37,40)(H,41,42)/t25-,26?,30?/m0/s1. The number of amides is 2. The topological polar surface area (TPSA) is 117 Å². The Balaban J connectivity index is 1.91. The number of nitriles is 1. The summed E-state index contributed by atoms with van der Waals surface area (Å²) in [5.74, 6) is -0.710. The molecule has 228 valence electrons. The van der Waals surface area contributed by atoms with E-state index in [-0.39, 0.29) is 24.4 Å². The maximum Gasteiger partial charge on any atom is 0.408 e. The van der Waals surface area contributed by atoms with Crippen LogP contribution in [0.4, 0.5) is 18.0 Å². The van der Waals surface area contributed by atoms with Crippen molar-refractivity contribution in [3.05, 3.63) is 59.7 Å². The SMILES string of the molecule is CC(C)C[C@H](NC(c1ccc(-c2ccc(C3(C(C)(C)C)CNCCN3C(=O)O)cc2)cc1)C(F)(F)F)C(=O)NCC#N. The molecule has 1 aliphatic heterocycles. The van der Waals surface area contributed by atoms with Gasteiger partial charge in [-0.1, -0.05) is 83.1 Å². The van der Waals surface area contributed by atoms with Gasteiger partial charge in [0.15, 0.2) is 0 Å². The molecule has 2 amide bonds. The molecule has 0 radical (unpaired) electrons. The van der Waals surface area contributed by atoms with Crippen LogP contribution in [0, 0.1) is 22.7 Å². The van der Waals surface area contributed by atoms with Crippen molar-refractivity contribution in [1.29, 1.82) is 5.26 Å². The number of hydrogen-bond acceptors (Lipinski definition) is 5. The van der Waals surface area contributed by atoms with E-state index in [4.69, 9.17) is 5.26 Å². The maximum atomic E-state index is 14.2. The highest BCUT2D eigenvalue weighted by molar-refractivity contribution is 5.82. The number of carboxylic acid groups (broad SMARTS) is 1. The Morgan fingerprint density at radius 2 is 1.64 bits per heavy atom. The van der Waals surface area contributed by atoms with Crippen molar-refractivity contribution in [3.63, 3.8) is 0 Å². The molecule has 0 spiro atoms. The second kappa shape index (κ2) is 13.1. The lowest BCUT2D eigenvalue weighted by Gasteiger charge is -2.54. The number of nitrogens with zero attached hydrogens (tertiary/aromatic N) is 2. The van der Waals surface area contributed by atoms with E-state index in [0.29, 0.717) is 25.2 Å². The fraction of sp³-hybridized carbons (Fsp3) is 0.516. The summed E-state index contributed by atoms with van der Waals surface area (Å²) >= 11 is 0. The van der Waals surface area contributed by atoms with Gasteiger partial charge in [0.25, 0.3) is 0 Å². The maximum absolute atomic E-state index is 14.2. The normalized spacial score (nSPS) is 19.2. The first-order valence-corrected chi connectivity index (χ1v) is 14.0. The minimum atomic E-state index is -4.67. The lowest BCUT2D eigenvalue weighted by Crippen LogP contribution is -2.66. The third-order valence-corrected chi connectivity index (χ3v) is 7.83. The summed E-state index contributed by atoms with van der Waals surface area (Å²) in [6.07, 6.45) is -5.49. The van der Waals surface area contributed by atoms with Crippen molar-refractivity contribution in [2.24, 2.45) is 11.3 Å². The largest absolute Gasteiger partial charge is 0.465 e. The van der Waals surface area contributed by atoms with Crippen LogP contribution < -0.4 is 16.0 Å². The first-order chi connectivity index (χ1) is 19.6. The fourth-order valence-electron chi connectivity index (χ4n) is 5.73. The Morgan fingerprint density at radius 3 is 2.12 bits per heavy atom. The molecule has 0 bridgehead atoms. The van der Waals surface area contributed by atoms with E-state index in [9.17, 15) is 27.9 Å². The highest BCUT2D eigenvalue weighted by Gasteiger charge is 2.51. The van der Waals surface area contributed by atoms with Crippen LogP contribution in [0.5, 0.6) is 0 Å². The van der Waals surface area contributed by atoms with Crippen LogP contribution in [0.1, 0.15) is 58.2 Å². The van der Waals surface area contributed by atoms with Gasteiger partial charge in [-0.25, -0.2) is 4.79 Å². The fourth-order valence-corrected chi connectivity index (χ4v) is 5.73. The number of halogens is 3. The van der Waals surface area contributed by atoms with Crippen LogP contribution in [0.2, 0.25) is 0 Å².